The molecule has 2 aromatic carbocycles. The lowest BCUT2D eigenvalue weighted by Gasteiger charge is -2.23. The van der Waals surface area contributed by atoms with E-state index in [-0.39, 0.29) is 17.5 Å². The van der Waals surface area contributed by atoms with Crippen LogP contribution in [0, 0.1) is 13.8 Å². The Morgan fingerprint density at radius 3 is 2.53 bits per heavy atom. The maximum absolute atomic E-state index is 13.3. The van der Waals surface area contributed by atoms with Crippen molar-refractivity contribution in [1.82, 2.24) is 4.98 Å². The van der Waals surface area contributed by atoms with Crippen LogP contribution in [-0.2, 0) is 19.4 Å². The maximum atomic E-state index is 13.3. The van der Waals surface area contributed by atoms with Gasteiger partial charge in [0.2, 0.25) is 5.91 Å². The Hall–Kier alpha value is -2.49. The van der Waals surface area contributed by atoms with Crippen LogP contribution in [0.15, 0.2) is 41.3 Å². The molecule has 1 unspecified atom stereocenters. The molecule has 7 nitrogen and oxygen atoms in total. The third-order valence-corrected chi connectivity index (χ3v) is 8.44. The Kier molecular flexibility index (Phi) is 6.50. The number of hydrogen-bond acceptors (Lipinski definition) is 7. The van der Waals surface area contributed by atoms with Crippen LogP contribution in [0.2, 0.25) is 0 Å². The molecular weight excluding hydrogens is 448 g/mol. The second-order valence-electron chi connectivity index (χ2n) is 7.95. The van der Waals surface area contributed by atoms with Crippen molar-refractivity contribution < 1.29 is 22.7 Å². The van der Waals surface area contributed by atoms with Gasteiger partial charge in [-0.3, -0.25) is 9.69 Å². The first-order valence-corrected chi connectivity index (χ1v) is 12.9. The second-order valence-corrected chi connectivity index (χ2v) is 10.9. The SMILES string of the molecule is COc1ccc(S(=O)(=O)CC(=O)N(CC2CCCO2)c2nc3c(C)ccc(C)c3s2)cc1. The third-order valence-electron chi connectivity index (χ3n) is 5.61. The molecule has 1 aliphatic heterocycles. The molecule has 1 atom stereocenters. The van der Waals surface area contributed by atoms with E-state index in [0.29, 0.717) is 17.5 Å². The Morgan fingerprint density at radius 1 is 1.19 bits per heavy atom. The van der Waals surface area contributed by atoms with Crippen molar-refractivity contribution in [1.29, 1.82) is 0 Å². The molecule has 1 amide bonds. The van der Waals surface area contributed by atoms with Crippen molar-refractivity contribution in [2.24, 2.45) is 0 Å². The van der Waals surface area contributed by atoms with Crippen LogP contribution >= 0.6 is 11.3 Å². The van der Waals surface area contributed by atoms with Crippen molar-refractivity contribution in [2.75, 3.05) is 30.9 Å². The van der Waals surface area contributed by atoms with Gasteiger partial charge in [-0.25, -0.2) is 13.4 Å². The van der Waals surface area contributed by atoms with E-state index in [4.69, 9.17) is 14.5 Å². The largest absolute Gasteiger partial charge is 0.497 e. The standard InChI is InChI=1S/C23H26N2O5S2/c1-15-6-7-16(2)22-21(15)24-23(31-22)25(13-18-5-4-12-30-18)20(26)14-32(27,28)19-10-8-17(29-3)9-11-19/h6-11,18H,4-5,12-14H2,1-3H3. The average molecular weight is 475 g/mol. The molecule has 0 saturated carbocycles. The number of fused-ring (bicyclic) bond motifs is 1. The first-order chi connectivity index (χ1) is 15.3. The number of carbonyl (C=O) groups excluding carboxylic acids is 1. The number of amides is 1. The van der Waals surface area contributed by atoms with E-state index in [9.17, 15) is 13.2 Å². The van der Waals surface area contributed by atoms with Crippen molar-refractivity contribution in [3.8, 4) is 5.75 Å². The van der Waals surface area contributed by atoms with Crippen LogP contribution in [0.4, 0.5) is 5.13 Å². The van der Waals surface area contributed by atoms with Gasteiger partial charge < -0.3 is 9.47 Å². The molecule has 1 saturated heterocycles. The quantitative estimate of drug-likeness (QED) is 0.516. The average Bonchev–Trinajstić information content (AvgIpc) is 3.45. The van der Waals surface area contributed by atoms with Gasteiger partial charge in [0.15, 0.2) is 15.0 Å². The summed E-state index contributed by atoms with van der Waals surface area (Å²) in [4.78, 5) is 19.6. The highest BCUT2D eigenvalue weighted by Gasteiger charge is 2.30. The number of benzene rings is 2. The molecule has 0 spiro atoms. The van der Waals surface area contributed by atoms with Gasteiger partial charge in [-0.1, -0.05) is 23.5 Å². The summed E-state index contributed by atoms with van der Waals surface area (Å²) in [5, 5.41) is 0.503. The number of thiazole rings is 1. The van der Waals surface area contributed by atoms with E-state index in [0.717, 1.165) is 34.2 Å². The molecule has 0 N–H and O–H groups in total. The Labute approximate surface area is 191 Å². The van der Waals surface area contributed by atoms with E-state index in [1.165, 1.54) is 35.5 Å². The topological polar surface area (TPSA) is 85.8 Å². The van der Waals surface area contributed by atoms with Gasteiger partial charge in [0, 0.05) is 6.61 Å². The number of aryl methyl sites for hydroxylation is 2. The summed E-state index contributed by atoms with van der Waals surface area (Å²) in [6.07, 6.45) is 1.63. The number of rotatable bonds is 7. The summed E-state index contributed by atoms with van der Waals surface area (Å²) < 4.78 is 37.7. The maximum Gasteiger partial charge on any atom is 0.244 e. The highest BCUT2D eigenvalue weighted by atomic mass is 32.2. The zero-order valence-electron chi connectivity index (χ0n) is 18.3. The van der Waals surface area contributed by atoms with Crippen molar-refractivity contribution >= 4 is 42.4 Å². The number of carbonyl (C=O) groups is 1. The molecule has 0 bridgehead atoms. The van der Waals surface area contributed by atoms with Gasteiger partial charge in [-0.15, -0.1) is 0 Å². The number of aromatic nitrogens is 1. The lowest BCUT2D eigenvalue weighted by molar-refractivity contribution is -0.116. The predicted octanol–water partition coefficient (Wildman–Crippen LogP) is 3.91. The normalized spacial score (nSPS) is 16.4. The number of nitrogens with zero attached hydrogens (tertiary/aromatic N) is 2. The molecule has 1 fully saturated rings. The summed E-state index contributed by atoms with van der Waals surface area (Å²) >= 11 is 1.41. The Bertz CT molecular complexity index is 1190. The fourth-order valence-electron chi connectivity index (χ4n) is 3.75. The van der Waals surface area contributed by atoms with E-state index in [1.807, 2.05) is 26.0 Å². The summed E-state index contributed by atoms with van der Waals surface area (Å²) in [5.41, 5.74) is 2.93. The van der Waals surface area contributed by atoms with Gasteiger partial charge >= 0.3 is 0 Å². The lowest BCUT2D eigenvalue weighted by Crippen LogP contribution is -2.40. The Balaban J connectivity index is 1.66. The minimum atomic E-state index is -3.83. The minimum absolute atomic E-state index is 0.0831. The van der Waals surface area contributed by atoms with Crippen LogP contribution < -0.4 is 9.64 Å². The molecule has 170 valence electrons. The highest BCUT2D eigenvalue weighted by molar-refractivity contribution is 7.92. The molecule has 32 heavy (non-hydrogen) atoms. The number of anilines is 1. The fraction of sp³-hybridized carbons (Fsp3) is 0.391. The number of hydrogen-bond donors (Lipinski definition) is 0. The molecule has 2 heterocycles. The summed E-state index contributed by atoms with van der Waals surface area (Å²) in [6.45, 7) is 4.92. The summed E-state index contributed by atoms with van der Waals surface area (Å²) in [5.74, 6) is -0.596. The number of sulfone groups is 1. The molecule has 9 heteroatoms. The molecule has 0 aliphatic carbocycles. The zero-order valence-corrected chi connectivity index (χ0v) is 20.0. The second kappa shape index (κ2) is 9.17. The van der Waals surface area contributed by atoms with E-state index in [1.54, 1.807) is 12.1 Å². The van der Waals surface area contributed by atoms with Gasteiger partial charge in [-0.05, 0) is 62.1 Å². The first-order valence-electron chi connectivity index (χ1n) is 10.4. The fourth-order valence-corrected chi connectivity index (χ4v) is 6.09. The molecule has 1 aliphatic rings. The third kappa shape index (κ3) is 4.65. The van der Waals surface area contributed by atoms with E-state index in [2.05, 4.69) is 0 Å². The summed E-state index contributed by atoms with van der Waals surface area (Å²) in [6, 6.07) is 10.1. The van der Waals surface area contributed by atoms with Crippen LogP contribution in [0.25, 0.3) is 10.2 Å². The van der Waals surface area contributed by atoms with Crippen LogP contribution in [0.3, 0.4) is 0 Å². The van der Waals surface area contributed by atoms with Gasteiger partial charge in [0.25, 0.3) is 0 Å². The molecular formula is C23H26N2O5S2. The monoisotopic (exact) mass is 474 g/mol. The number of ether oxygens (including phenoxy) is 2. The zero-order chi connectivity index (χ0) is 22.9. The molecule has 1 aromatic heterocycles. The van der Waals surface area contributed by atoms with Crippen molar-refractivity contribution in [2.45, 2.75) is 37.7 Å². The van der Waals surface area contributed by atoms with Crippen LogP contribution in [0.1, 0.15) is 24.0 Å². The molecule has 3 aromatic rings. The van der Waals surface area contributed by atoms with Crippen LogP contribution in [0.5, 0.6) is 5.75 Å². The molecule has 0 radical (unpaired) electrons. The minimum Gasteiger partial charge on any atom is -0.497 e. The van der Waals surface area contributed by atoms with E-state index < -0.39 is 21.5 Å². The highest BCUT2D eigenvalue weighted by Crippen LogP contribution is 2.34. The van der Waals surface area contributed by atoms with Gasteiger partial charge in [0.05, 0.1) is 34.9 Å². The lowest BCUT2D eigenvalue weighted by atomic mass is 10.1. The van der Waals surface area contributed by atoms with E-state index >= 15 is 0 Å². The van der Waals surface area contributed by atoms with Gasteiger partial charge in [0.1, 0.15) is 11.5 Å². The Morgan fingerprint density at radius 2 is 1.91 bits per heavy atom. The molecule has 4 rings (SSSR count). The smallest absolute Gasteiger partial charge is 0.244 e. The van der Waals surface area contributed by atoms with Gasteiger partial charge in [-0.2, -0.15) is 0 Å². The van der Waals surface area contributed by atoms with Crippen molar-refractivity contribution in [3.63, 3.8) is 0 Å². The summed E-state index contributed by atoms with van der Waals surface area (Å²) in [7, 11) is -2.32. The predicted molar refractivity (Wildman–Crippen MR) is 125 cm³/mol. The number of methoxy groups -OCH3 is 1. The first kappa shape index (κ1) is 22.7. The van der Waals surface area contributed by atoms with Crippen molar-refractivity contribution in [3.05, 3.63) is 47.5 Å². The van der Waals surface area contributed by atoms with Crippen LogP contribution in [-0.4, -0.2) is 51.4 Å².